The number of carbonyl (C=O) groups is 1. The van der Waals surface area contributed by atoms with E-state index < -0.39 is 9.84 Å². The second-order valence-corrected chi connectivity index (χ2v) is 10.9. The number of amides is 1. The summed E-state index contributed by atoms with van der Waals surface area (Å²) in [6.45, 7) is 2.56. The number of aliphatic imine (C=N–C) groups is 1. The van der Waals surface area contributed by atoms with E-state index in [-0.39, 0.29) is 28.7 Å². The number of amidine groups is 1. The number of carbonyl (C=O) groups excluding carboxylic acids is 1. The maximum atomic E-state index is 12.2. The van der Waals surface area contributed by atoms with Gasteiger partial charge in [0, 0.05) is 17.5 Å². The van der Waals surface area contributed by atoms with Crippen molar-refractivity contribution in [3.05, 3.63) is 65.2 Å². The minimum Gasteiger partial charge on any atom is -0.352 e. The van der Waals surface area contributed by atoms with Gasteiger partial charge in [0.1, 0.15) is 0 Å². The van der Waals surface area contributed by atoms with Crippen LogP contribution in [0.5, 0.6) is 0 Å². The van der Waals surface area contributed by atoms with Gasteiger partial charge < -0.3 is 10.6 Å². The van der Waals surface area contributed by atoms with Gasteiger partial charge in [-0.25, -0.2) is 8.42 Å². The molecule has 0 saturated carbocycles. The number of thioether (sulfide) groups is 1. The van der Waals surface area contributed by atoms with E-state index in [1.807, 2.05) is 55.5 Å². The largest absolute Gasteiger partial charge is 0.352 e. The fraction of sp³-hybridized carbons (Fsp3) is 0.333. The average Bonchev–Trinajstić information content (AvgIpc) is 3.15. The fourth-order valence-corrected chi connectivity index (χ4v) is 7.08. The lowest BCUT2D eigenvalue weighted by atomic mass is 10.1. The molecule has 29 heavy (non-hydrogen) atoms. The van der Waals surface area contributed by atoms with Gasteiger partial charge in [0.05, 0.1) is 24.0 Å². The number of nitrogens with zero attached hydrogens (tertiary/aromatic N) is 1. The van der Waals surface area contributed by atoms with Crippen molar-refractivity contribution in [1.29, 1.82) is 0 Å². The van der Waals surface area contributed by atoms with Crippen molar-refractivity contribution in [3.8, 4) is 0 Å². The van der Waals surface area contributed by atoms with E-state index in [1.165, 1.54) is 17.3 Å². The van der Waals surface area contributed by atoms with E-state index in [0.29, 0.717) is 13.0 Å². The zero-order valence-corrected chi connectivity index (χ0v) is 17.7. The van der Waals surface area contributed by atoms with Gasteiger partial charge >= 0.3 is 0 Å². The molecule has 2 aromatic carbocycles. The van der Waals surface area contributed by atoms with Crippen LogP contribution in [0.2, 0.25) is 0 Å². The van der Waals surface area contributed by atoms with Crippen molar-refractivity contribution in [3.63, 3.8) is 0 Å². The molecule has 8 heteroatoms. The molecule has 2 heterocycles. The molecule has 0 aromatic heterocycles. The number of nitrogens with one attached hydrogen (secondary N) is 2. The van der Waals surface area contributed by atoms with Crippen LogP contribution < -0.4 is 10.6 Å². The molecule has 0 unspecified atom stereocenters. The number of benzene rings is 2. The molecule has 2 aromatic rings. The summed E-state index contributed by atoms with van der Waals surface area (Å²) in [7, 11) is -2.94. The molecule has 2 aliphatic rings. The first-order valence-electron chi connectivity index (χ1n) is 9.49. The van der Waals surface area contributed by atoms with Gasteiger partial charge in [-0.15, -0.1) is 0 Å². The van der Waals surface area contributed by atoms with Gasteiger partial charge in [0.2, 0.25) is 5.91 Å². The van der Waals surface area contributed by atoms with Gasteiger partial charge in [-0.3, -0.25) is 9.79 Å². The second kappa shape index (κ2) is 8.20. The molecule has 2 N–H and O–H groups in total. The Morgan fingerprint density at radius 2 is 1.76 bits per heavy atom. The summed E-state index contributed by atoms with van der Waals surface area (Å²) in [5.74, 6) is 0.330. The minimum absolute atomic E-state index is 0.0176. The highest BCUT2D eigenvalue weighted by Gasteiger charge is 2.42. The first kappa shape index (κ1) is 20.0. The van der Waals surface area contributed by atoms with E-state index in [1.54, 1.807) is 0 Å². The number of sulfone groups is 1. The van der Waals surface area contributed by atoms with Gasteiger partial charge in [-0.1, -0.05) is 53.7 Å². The Morgan fingerprint density at radius 3 is 2.45 bits per heavy atom. The predicted molar refractivity (Wildman–Crippen MR) is 118 cm³/mol. The molecule has 0 aliphatic carbocycles. The molecule has 0 bridgehead atoms. The number of hydrogen-bond donors (Lipinski definition) is 2. The van der Waals surface area contributed by atoms with E-state index in [4.69, 9.17) is 0 Å². The van der Waals surface area contributed by atoms with Crippen molar-refractivity contribution < 1.29 is 13.2 Å². The molecular weight excluding hydrogens is 406 g/mol. The SMILES string of the molecule is Cc1ccc(CNC(=O)Cc2ccc(NC3=N[C@H]4CS(=O)(=O)C[C@H]4S3)cc2)cc1. The Labute approximate surface area is 175 Å². The molecule has 2 aliphatic heterocycles. The quantitative estimate of drug-likeness (QED) is 0.763. The highest BCUT2D eigenvalue weighted by Crippen LogP contribution is 2.34. The van der Waals surface area contributed by atoms with Gasteiger partial charge in [-0.05, 0) is 30.2 Å². The van der Waals surface area contributed by atoms with Crippen LogP contribution in [0.1, 0.15) is 16.7 Å². The van der Waals surface area contributed by atoms with Crippen LogP contribution in [0.15, 0.2) is 53.5 Å². The number of fused-ring (bicyclic) bond motifs is 1. The first-order chi connectivity index (χ1) is 13.9. The Bertz CT molecular complexity index is 1030. The van der Waals surface area contributed by atoms with E-state index in [9.17, 15) is 13.2 Å². The standard InChI is InChI=1S/C21H23N3O3S2/c1-14-2-4-16(5-3-14)11-22-20(25)10-15-6-8-17(9-7-15)23-21-24-18-12-29(26,27)13-19(18)28-21/h2-9,18-19H,10-13H2,1H3,(H,22,25)(H,23,24)/t18-,19+/m0/s1. The lowest BCUT2D eigenvalue weighted by Gasteiger charge is -2.09. The Kier molecular flexibility index (Phi) is 5.65. The highest BCUT2D eigenvalue weighted by atomic mass is 32.2. The summed E-state index contributed by atoms with van der Waals surface area (Å²) in [5, 5.41) is 6.98. The third kappa shape index (κ3) is 5.19. The Hall–Kier alpha value is -2.32. The van der Waals surface area contributed by atoms with Crippen LogP contribution in [0, 0.1) is 6.92 Å². The summed E-state index contributed by atoms with van der Waals surface area (Å²) >= 11 is 1.49. The predicted octanol–water partition coefficient (Wildman–Crippen LogP) is 2.53. The van der Waals surface area contributed by atoms with E-state index in [0.717, 1.165) is 22.0 Å². The smallest absolute Gasteiger partial charge is 0.224 e. The van der Waals surface area contributed by atoms with Crippen molar-refractivity contribution in [2.45, 2.75) is 31.2 Å². The van der Waals surface area contributed by atoms with Crippen molar-refractivity contribution in [1.82, 2.24) is 5.32 Å². The lowest BCUT2D eigenvalue weighted by molar-refractivity contribution is -0.120. The third-order valence-electron chi connectivity index (χ3n) is 5.00. The van der Waals surface area contributed by atoms with Crippen LogP contribution >= 0.6 is 11.8 Å². The summed E-state index contributed by atoms with van der Waals surface area (Å²) in [4.78, 5) is 16.7. The average molecular weight is 430 g/mol. The molecule has 1 saturated heterocycles. The van der Waals surface area contributed by atoms with Crippen molar-refractivity contribution in [2.75, 3.05) is 16.8 Å². The van der Waals surface area contributed by atoms with Gasteiger partial charge in [0.15, 0.2) is 15.0 Å². The maximum Gasteiger partial charge on any atom is 0.224 e. The van der Waals surface area contributed by atoms with E-state index >= 15 is 0 Å². The normalized spacial score (nSPS) is 22.0. The van der Waals surface area contributed by atoms with Crippen molar-refractivity contribution >= 4 is 38.4 Å². The second-order valence-electron chi connectivity index (χ2n) is 7.50. The monoisotopic (exact) mass is 429 g/mol. The first-order valence-corrected chi connectivity index (χ1v) is 12.2. The summed E-state index contributed by atoms with van der Waals surface area (Å²) in [6.07, 6.45) is 0.323. The van der Waals surface area contributed by atoms with E-state index in [2.05, 4.69) is 15.6 Å². The minimum atomic E-state index is -2.94. The van der Waals surface area contributed by atoms with Crippen LogP contribution in [-0.2, 0) is 27.6 Å². The molecule has 0 spiro atoms. The van der Waals surface area contributed by atoms with Gasteiger partial charge in [-0.2, -0.15) is 0 Å². The molecule has 4 rings (SSSR count). The molecule has 0 radical (unpaired) electrons. The van der Waals surface area contributed by atoms with Gasteiger partial charge in [0.25, 0.3) is 0 Å². The molecule has 2 atom stereocenters. The highest BCUT2D eigenvalue weighted by molar-refractivity contribution is 8.15. The van der Waals surface area contributed by atoms with Crippen LogP contribution in [0.4, 0.5) is 5.69 Å². The zero-order valence-electron chi connectivity index (χ0n) is 16.1. The van der Waals surface area contributed by atoms with Crippen LogP contribution in [0.3, 0.4) is 0 Å². The molecule has 1 amide bonds. The summed E-state index contributed by atoms with van der Waals surface area (Å²) in [5.41, 5.74) is 4.09. The number of aryl methyl sites for hydroxylation is 1. The zero-order chi connectivity index (χ0) is 20.4. The summed E-state index contributed by atoms with van der Waals surface area (Å²) in [6, 6.07) is 15.6. The topological polar surface area (TPSA) is 87.6 Å². The molecule has 6 nitrogen and oxygen atoms in total. The van der Waals surface area contributed by atoms with Crippen molar-refractivity contribution in [2.24, 2.45) is 4.99 Å². The van der Waals surface area contributed by atoms with Crippen LogP contribution in [0.25, 0.3) is 0 Å². The number of hydrogen-bond acceptors (Lipinski definition) is 6. The fourth-order valence-electron chi connectivity index (χ4n) is 3.40. The number of rotatable bonds is 5. The summed E-state index contributed by atoms with van der Waals surface area (Å²) < 4.78 is 23.3. The molecule has 1 fully saturated rings. The number of anilines is 1. The third-order valence-corrected chi connectivity index (χ3v) is 8.14. The Balaban J connectivity index is 1.27. The maximum absolute atomic E-state index is 12.2. The Morgan fingerprint density at radius 1 is 1.07 bits per heavy atom. The molecular formula is C21H23N3O3S2. The molecule has 152 valence electrons. The van der Waals surface area contributed by atoms with Crippen LogP contribution in [-0.4, -0.2) is 42.3 Å². The lowest BCUT2D eigenvalue weighted by Crippen LogP contribution is -2.24.